The number of aromatic nitrogens is 1. The lowest BCUT2D eigenvalue weighted by Gasteiger charge is -2.28. The van der Waals surface area contributed by atoms with Crippen molar-refractivity contribution >= 4 is 73.2 Å². The lowest BCUT2D eigenvalue weighted by molar-refractivity contribution is 0.964. The Morgan fingerprint density at radius 2 is 0.855 bits per heavy atom. The first-order valence-corrected chi connectivity index (χ1v) is 21.9. The number of pyridine rings is 1. The summed E-state index contributed by atoms with van der Waals surface area (Å²) in [6.45, 7) is 6.64. The number of nitrogens with zero attached hydrogens (tertiary/aromatic N) is 4. The maximum Gasteiger partial charge on any atom is 0.0715 e. The summed E-state index contributed by atoms with van der Waals surface area (Å²) in [5.74, 6) is 0. The summed E-state index contributed by atoms with van der Waals surface area (Å²) in [7, 11) is 4.17. The zero-order chi connectivity index (χ0) is 42.5. The van der Waals surface area contributed by atoms with Gasteiger partial charge in [-0.1, -0.05) is 77.8 Å². The first-order valence-electron chi connectivity index (χ1n) is 21.5. The molecule has 5 heteroatoms. The molecule has 0 N–H and O–H groups in total. The Bertz CT molecular complexity index is 3040. The Kier molecular flexibility index (Phi) is 10.3. The number of anilines is 7. The summed E-state index contributed by atoms with van der Waals surface area (Å²) >= 11 is 6.51. The highest BCUT2D eigenvalue weighted by Crippen LogP contribution is 2.44. The summed E-state index contributed by atoms with van der Waals surface area (Å²) < 4.78 is 0. The fourth-order valence-corrected chi connectivity index (χ4v) is 9.57. The minimum atomic E-state index is 0.718. The van der Waals surface area contributed by atoms with Gasteiger partial charge in [0.2, 0.25) is 0 Å². The van der Waals surface area contributed by atoms with Crippen LogP contribution in [0.2, 0.25) is 5.02 Å². The molecule has 0 aliphatic heterocycles. The van der Waals surface area contributed by atoms with Gasteiger partial charge in [-0.3, -0.25) is 0 Å². The average Bonchev–Trinajstić information content (AvgIpc) is 3.46. The highest BCUT2D eigenvalue weighted by atomic mass is 35.5. The molecule has 0 spiro atoms. The van der Waals surface area contributed by atoms with Gasteiger partial charge in [-0.15, -0.1) is 0 Å². The minimum absolute atomic E-state index is 0.718. The number of halogens is 1. The number of hydrogen-bond donors (Lipinski definition) is 0. The maximum absolute atomic E-state index is 6.51. The molecule has 4 nitrogen and oxygen atoms in total. The molecular weight excluding hydrogens is 776 g/mol. The van der Waals surface area contributed by atoms with Gasteiger partial charge < -0.3 is 14.7 Å². The van der Waals surface area contributed by atoms with Crippen molar-refractivity contribution in [3.63, 3.8) is 0 Å². The van der Waals surface area contributed by atoms with Crippen molar-refractivity contribution in [2.45, 2.75) is 40.0 Å². The van der Waals surface area contributed by atoms with Crippen LogP contribution in [0.1, 0.15) is 38.9 Å². The maximum atomic E-state index is 6.51. The molecule has 0 amide bonds. The van der Waals surface area contributed by atoms with Crippen molar-refractivity contribution in [1.82, 2.24) is 4.98 Å². The standard InChI is InChI=1S/C57H49ClN4/c1-37-14-22-46(23-15-37)61(48-30-28-45(29-31-48)60(4)5)49-24-18-40-16-17-41-19-25-50(36-43(41)34-42(40)35-49)62(47-26-20-44(58)21-27-47)51-32-38(2)56(39(3)33-51)57-52-10-6-8-12-54(52)59-55-13-9-7-11-53(55)57/h6-15,18-33,35-36H,16-17,34H2,1-5H3. The Morgan fingerprint density at radius 1 is 0.419 bits per heavy atom. The molecule has 0 radical (unpaired) electrons. The smallest absolute Gasteiger partial charge is 0.0715 e. The van der Waals surface area contributed by atoms with Gasteiger partial charge >= 0.3 is 0 Å². The number of para-hydroxylation sites is 2. The normalized spacial score (nSPS) is 12.2. The molecule has 8 aromatic carbocycles. The second kappa shape index (κ2) is 16.2. The van der Waals surface area contributed by atoms with Crippen LogP contribution in [0.3, 0.4) is 0 Å². The summed E-state index contributed by atoms with van der Waals surface area (Å²) in [5.41, 5.74) is 21.6. The van der Waals surface area contributed by atoms with Crippen LogP contribution in [0.25, 0.3) is 32.9 Å². The molecular formula is C57H49ClN4. The predicted octanol–water partition coefficient (Wildman–Crippen LogP) is 15.3. The Balaban J connectivity index is 1.06. The molecule has 62 heavy (non-hydrogen) atoms. The Morgan fingerprint density at radius 3 is 1.37 bits per heavy atom. The number of aryl methyl sites for hydroxylation is 5. The molecule has 0 fully saturated rings. The molecule has 0 bridgehead atoms. The van der Waals surface area contributed by atoms with Crippen LogP contribution in [-0.4, -0.2) is 19.1 Å². The minimum Gasteiger partial charge on any atom is -0.378 e. The van der Waals surface area contributed by atoms with Crippen molar-refractivity contribution in [2.24, 2.45) is 0 Å². The summed E-state index contributed by atoms with van der Waals surface area (Å²) in [4.78, 5) is 12.0. The van der Waals surface area contributed by atoms with E-state index in [-0.39, 0.29) is 0 Å². The van der Waals surface area contributed by atoms with Crippen LogP contribution in [-0.2, 0) is 19.3 Å². The predicted molar refractivity (Wildman–Crippen MR) is 264 cm³/mol. The van der Waals surface area contributed by atoms with Gasteiger partial charge in [-0.05, 0) is 188 Å². The largest absolute Gasteiger partial charge is 0.378 e. The van der Waals surface area contributed by atoms with Gasteiger partial charge in [0.15, 0.2) is 0 Å². The lowest BCUT2D eigenvalue weighted by Crippen LogP contribution is -2.12. The summed E-state index contributed by atoms with van der Waals surface area (Å²) in [6, 6.07) is 61.8. The third-order valence-corrected chi connectivity index (χ3v) is 12.8. The molecule has 1 heterocycles. The van der Waals surface area contributed by atoms with Crippen LogP contribution in [0.15, 0.2) is 170 Å². The second-order valence-electron chi connectivity index (χ2n) is 17.0. The van der Waals surface area contributed by atoms with E-state index in [1.807, 2.05) is 12.1 Å². The molecule has 0 atom stereocenters. The van der Waals surface area contributed by atoms with Crippen LogP contribution >= 0.6 is 11.6 Å². The summed E-state index contributed by atoms with van der Waals surface area (Å²) in [5, 5.41) is 3.05. The van der Waals surface area contributed by atoms with Crippen molar-refractivity contribution < 1.29 is 0 Å². The number of hydrogen-bond acceptors (Lipinski definition) is 4. The van der Waals surface area contributed by atoms with Crippen LogP contribution in [0.5, 0.6) is 0 Å². The number of rotatable bonds is 8. The van der Waals surface area contributed by atoms with E-state index in [9.17, 15) is 0 Å². The zero-order valence-corrected chi connectivity index (χ0v) is 36.7. The molecule has 1 aromatic heterocycles. The Labute approximate surface area is 370 Å². The van der Waals surface area contributed by atoms with Crippen LogP contribution in [0, 0.1) is 20.8 Å². The van der Waals surface area contributed by atoms with Gasteiger partial charge in [0.1, 0.15) is 0 Å². The van der Waals surface area contributed by atoms with Gasteiger partial charge in [0, 0.05) is 75.3 Å². The van der Waals surface area contributed by atoms with E-state index >= 15 is 0 Å². The number of fused-ring (bicyclic) bond motifs is 4. The second-order valence-corrected chi connectivity index (χ2v) is 17.4. The number of benzene rings is 8. The highest BCUT2D eigenvalue weighted by Gasteiger charge is 2.23. The Hall–Kier alpha value is -6.88. The SMILES string of the molecule is Cc1ccc(N(c2ccc(N(C)C)cc2)c2ccc3c(c2)Cc2cc(N(c4ccc(Cl)cc4)c4cc(C)c(-c5c6ccccc6nc6ccccc56)c(C)c4)ccc2CC3)cc1. The van der Waals surface area contributed by atoms with Gasteiger partial charge in [0.25, 0.3) is 0 Å². The molecule has 1 aliphatic carbocycles. The van der Waals surface area contributed by atoms with E-state index in [2.05, 4.69) is 207 Å². The molecule has 9 aromatic rings. The van der Waals surface area contributed by atoms with E-state index in [4.69, 9.17) is 16.6 Å². The molecule has 1 aliphatic rings. The monoisotopic (exact) mass is 824 g/mol. The van der Waals surface area contributed by atoms with Crippen molar-refractivity contribution in [3.8, 4) is 11.1 Å². The van der Waals surface area contributed by atoms with Crippen LogP contribution in [0.4, 0.5) is 39.8 Å². The van der Waals surface area contributed by atoms with E-state index in [0.29, 0.717) is 0 Å². The zero-order valence-electron chi connectivity index (χ0n) is 36.0. The van der Waals surface area contributed by atoms with Crippen LogP contribution < -0.4 is 14.7 Å². The topological polar surface area (TPSA) is 22.6 Å². The van der Waals surface area contributed by atoms with Gasteiger partial charge in [-0.2, -0.15) is 0 Å². The van der Waals surface area contributed by atoms with E-state index in [1.165, 1.54) is 55.8 Å². The lowest BCUT2D eigenvalue weighted by atomic mass is 9.89. The van der Waals surface area contributed by atoms with E-state index in [0.717, 1.165) is 80.2 Å². The third kappa shape index (κ3) is 7.35. The third-order valence-electron chi connectivity index (χ3n) is 12.6. The first kappa shape index (κ1) is 39.3. The molecule has 0 saturated carbocycles. The molecule has 0 unspecified atom stereocenters. The average molecular weight is 825 g/mol. The van der Waals surface area contributed by atoms with E-state index in [1.54, 1.807) is 0 Å². The quantitative estimate of drug-likeness (QED) is 0.142. The van der Waals surface area contributed by atoms with Crippen molar-refractivity contribution in [1.29, 1.82) is 0 Å². The molecule has 0 saturated heterocycles. The fourth-order valence-electron chi connectivity index (χ4n) is 9.45. The van der Waals surface area contributed by atoms with Gasteiger partial charge in [-0.25, -0.2) is 4.98 Å². The molecule has 10 rings (SSSR count). The molecule has 304 valence electrons. The van der Waals surface area contributed by atoms with Gasteiger partial charge in [0.05, 0.1) is 11.0 Å². The fraction of sp³-hybridized carbons (Fsp3) is 0.140. The van der Waals surface area contributed by atoms with E-state index < -0.39 is 0 Å². The summed E-state index contributed by atoms with van der Waals surface area (Å²) in [6.07, 6.45) is 2.85. The first-order chi connectivity index (χ1) is 30.2. The van der Waals surface area contributed by atoms with Crippen molar-refractivity contribution in [2.75, 3.05) is 28.8 Å². The highest BCUT2D eigenvalue weighted by molar-refractivity contribution is 6.30. The van der Waals surface area contributed by atoms with Crippen molar-refractivity contribution in [3.05, 3.63) is 214 Å².